The summed E-state index contributed by atoms with van der Waals surface area (Å²) in [6, 6.07) is 16.4. The molecular formula is C25H29N3O3. The lowest BCUT2D eigenvalue weighted by Gasteiger charge is -2.22. The summed E-state index contributed by atoms with van der Waals surface area (Å²) in [6.07, 6.45) is 1.34. The monoisotopic (exact) mass is 419 g/mol. The second-order valence-electron chi connectivity index (χ2n) is 7.70. The van der Waals surface area contributed by atoms with Crippen molar-refractivity contribution in [3.05, 3.63) is 65.0 Å². The highest BCUT2D eigenvalue weighted by Crippen LogP contribution is 2.31. The van der Waals surface area contributed by atoms with E-state index in [1.54, 1.807) is 14.2 Å². The minimum atomic E-state index is -0.741. The maximum absolute atomic E-state index is 10.1. The van der Waals surface area contributed by atoms with E-state index in [2.05, 4.69) is 29.0 Å². The molecule has 1 aromatic carbocycles. The summed E-state index contributed by atoms with van der Waals surface area (Å²) in [5.74, 6) is 0.633. The number of nitriles is 1. The summed E-state index contributed by atoms with van der Waals surface area (Å²) in [7, 11) is 3.28. The Hall–Kier alpha value is -3.01. The summed E-state index contributed by atoms with van der Waals surface area (Å²) in [5, 5.41) is 11.1. The average molecular weight is 420 g/mol. The average Bonchev–Trinajstić information content (AvgIpc) is 2.80. The highest BCUT2D eigenvalue weighted by atomic mass is 16.5. The van der Waals surface area contributed by atoms with Gasteiger partial charge in [0, 0.05) is 30.2 Å². The van der Waals surface area contributed by atoms with Crippen molar-refractivity contribution in [2.24, 2.45) is 0 Å². The van der Waals surface area contributed by atoms with Gasteiger partial charge in [0.25, 0.3) is 0 Å². The largest absolute Gasteiger partial charge is 0.481 e. The molecule has 2 heterocycles. The molecule has 162 valence electrons. The first kappa shape index (κ1) is 22.7. The van der Waals surface area contributed by atoms with Crippen molar-refractivity contribution >= 4 is 10.9 Å². The summed E-state index contributed by atoms with van der Waals surface area (Å²) >= 11 is 0. The van der Waals surface area contributed by atoms with Gasteiger partial charge >= 0.3 is 0 Å². The van der Waals surface area contributed by atoms with Gasteiger partial charge in [0.05, 0.1) is 49.6 Å². The van der Waals surface area contributed by atoms with Gasteiger partial charge in [-0.15, -0.1) is 0 Å². The molecule has 0 aliphatic carbocycles. The number of rotatable bonds is 10. The Morgan fingerprint density at radius 2 is 1.84 bits per heavy atom. The van der Waals surface area contributed by atoms with Gasteiger partial charge in [-0.1, -0.05) is 25.1 Å². The number of fused-ring (bicyclic) bond motifs is 1. The molecular weight excluding hydrogens is 390 g/mol. The molecule has 3 aromatic rings. The molecule has 0 saturated heterocycles. The minimum Gasteiger partial charge on any atom is -0.481 e. The Balaban J connectivity index is 1.86. The van der Waals surface area contributed by atoms with Crippen LogP contribution in [0.1, 0.15) is 36.4 Å². The number of pyridine rings is 2. The van der Waals surface area contributed by atoms with E-state index in [0.29, 0.717) is 32.1 Å². The number of aryl methyl sites for hydroxylation is 1. The normalized spacial score (nSPS) is 13.0. The van der Waals surface area contributed by atoms with E-state index in [0.717, 1.165) is 39.8 Å². The van der Waals surface area contributed by atoms with Gasteiger partial charge in [0.2, 0.25) is 5.88 Å². The van der Waals surface area contributed by atoms with Crippen molar-refractivity contribution < 1.29 is 14.2 Å². The molecule has 0 saturated carbocycles. The van der Waals surface area contributed by atoms with E-state index in [1.165, 1.54) is 0 Å². The molecule has 6 heteroatoms. The second kappa shape index (κ2) is 10.3. The Labute approximate surface area is 183 Å². The van der Waals surface area contributed by atoms with Crippen LogP contribution in [0, 0.1) is 11.3 Å². The predicted molar refractivity (Wildman–Crippen MR) is 120 cm³/mol. The number of hydrogen-bond donors (Lipinski definition) is 0. The molecule has 0 N–H and O–H groups in total. The lowest BCUT2D eigenvalue weighted by atomic mass is 9.79. The molecule has 0 bridgehead atoms. The van der Waals surface area contributed by atoms with Crippen LogP contribution in [0.4, 0.5) is 0 Å². The van der Waals surface area contributed by atoms with Gasteiger partial charge in [-0.3, -0.25) is 4.98 Å². The molecule has 6 nitrogen and oxygen atoms in total. The minimum absolute atomic E-state index is 0.417. The zero-order valence-corrected chi connectivity index (χ0v) is 18.6. The fourth-order valence-electron chi connectivity index (χ4n) is 3.56. The topological polar surface area (TPSA) is 77.3 Å². The van der Waals surface area contributed by atoms with Crippen molar-refractivity contribution in [2.75, 3.05) is 27.4 Å². The first-order chi connectivity index (χ1) is 15.0. The first-order valence-corrected chi connectivity index (χ1v) is 10.4. The molecule has 2 aromatic heterocycles. The number of methoxy groups -OCH3 is 2. The van der Waals surface area contributed by atoms with Crippen LogP contribution in [0.5, 0.6) is 5.88 Å². The van der Waals surface area contributed by atoms with Crippen LogP contribution in [0.15, 0.2) is 42.5 Å². The second-order valence-corrected chi connectivity index (χ2v) is 7.70. The third kappa shape index (κ3) is 5.38. The van der Waals surface area contributed by atoms with E-state index in [1.807, 2.05) is 43.3 Å². The van der Waals surface area contributed by atoms with Crippen molar-refractivity contribution in [3.63, 3.8) is 0 Å². The summed E-state index contributed by atoms with van der Waals surface area (Å²) in [6.45, 7) is 5.50. The fraction of sp³-hybridized carbons (Fsp3) is 0.400. The number of nitrogens with zero attached hydrogens (tertiary/aromatic N) is 3. The summed E-state index contributed by atoms with van der Waals surface area (Å²) < 4.78 is 16.0. The van der Waals surface area contributed by atoms with Gasteiger partial charge in [0.15, 0.2) is 0 Å². The molecule has 1 unspecified atom stereocenters. The number of aromatic nitrogens is 2. The SMILES string of the molecule is CCc1cc2ccc(C(C)(C#N)Cc3cccc(COCCOC)n3)cc2nc1OC. The van der Waals surface area contributed by atoms with Gasteiger partial charge < -0.3 is 14.2 Å². The first-order valence-electron chi connectivity index (χ1n) is 10.4. The number of ether oxygens (including phenoxy) is 3. The number of hydrogen-bond acceptors (Lipinski definition) is 6. The van der Waals surface area contributed by atoms with Gasteiger partial charge in [-0.25, -0.2) is 4.98 Å². The van der Waals surface area contributed by atoms with Crippen LogP contribution in [0.2, 0.25) is 0 Å². The standard InChI is InChI=1S/C25H29N3O3/c1-5-18-13-19-9-10-20(14-23(19)28-24(18)30-4)25(2,17-26)15-21-7-6-8-22(27-21)16-31-12-11-29-3/h6-10,13-14H,5,11-12,15-16H2,1-4H3. The molecule has 31 heavy (non-hydrogen) atoms. The maximum atomic E-state index is 10.1. The quantitative estimate of drug-likeness (QED) is 0.454. The van der Waals surface area contributed by atoms with Crippen LogP contribution in [0.25, 0.3) is 10.9 Å². The maximum Gasteiger partial charge on any atom is 0.216 e. The van der Waals surface area contributed by atoms with Crippen molar-refractivity contribution in [1.29, 1.82) is 5.26 Å². The Morgan fingerprint density at radius 3 is 2.55 bits per heavy atom. The van der Waals surface area contributed by atoms with Crippen molar-refractivity contribution in [2.45, 2.75) is 38.7 Å². The lowest BCUT2D eigenvalue weighted by molar-refractivity contribution is 0.0601. The lowest BCUT2D eigenvalue weighted by Crippen LogP contribution is -2.23. The number of benzene rings is 1. The molecule has 0 radical (unpaired) electrons. The van der Waals surface area contributed by atoms with E-state index in [-0.39, 0.29) is 0 Å². The molecule has 3 rings (SSSR count). The molecule has 0 aliphatic rings. The van der Waals surface area contributed by atoms with E-state index in [9.17, 15) is 5.26 Å². The zero-order valence-electron chi connectivity index (χ0n) is 18.6. The van der Waals surface area contributed by atoms with Crippen molar-refractivity contribution in [1.82, 2.24) is 9.97 Å². The molecule has 0 amide bonds. The molecule has 0 spiro atoms. The predicted octanol–water partition coefficient (Wildman–Crippen LogP) is 4.39. The third-order valence-electron chi connectivity index (χ3n) is 5.40. The molecule has 0 aliphatic heterocycles. The van der Waals surface area contributed by atoms with Gasteiger partial charge in [0.1, 0.15) is 0 Å². The van der Waals surface area contributed by atoms with Crippen LogP contribution in [0.3, 0.4) is 0 Å². The third-order valence-corrected chi connectivity index (χ3v) is 5.40. The van der Waals surface area contributed by atoms with Crippen molar-refractivity contribution in [3.8, 4) is 11.9 Å². The van der Waals surface area contributed by atoms with Crippen LogP contribution < -0.4 is 4.74 Å². The van der Waals surface area contributed by atoms with Crippen LogP contribution >= 0.6 is 0 Å². The summed E-state index contributed by atoms with van der Waals surface area (Å²) in [4.78, 5) is 9.36. The van der Waals surface area contributed by atoms with E-state index < -0.39 is 5.41 Å². The van der Waals surface area contributed by atoms with Gasteiger partial charge in [-0.05, 0) is 43.2 Å². The fourth-order valence-corrected chi connectivity index (χ4v) is 3.56. The highest BCUT2D eigenvalue weighted by Gasteiger charge is 2.28. The Kier molecular flexibility index (Phi) is 7.56. The smallest absolute Gasteiger partial charge is 0.216 e. The highest BCUT2D eigenvalue weighted by molar-refractivity contribution is 5.81. The molecule has 0 fully saturated rings. The van der Waals surface area contributed by atoms with Gasteiger partial charge in [-0.2, -0.15) is 5.26 Å². The van der Waals surface area contributed by atoms with Crippen LogP contribution in [-0.4, -0.2) is 37.4 Å². The molecule has 1 atom stereocenters. The van der Waals surface area contributed by atoms with Crippen LogP contribution in [-0.2, 0) is 34.3 Å². The summed E-state index contributed by atoms with van der Waals surface area (Å²) in [5.41, 5.74) is 3.75. The van der Waals surface area contributed by atoms with E-state index in [4.69, 9.17) is 14.2 Å². The van der Waals surface area contributed by atoms with E-state index >= 15 is 0 Å². The Bertz CT molecular complexity index is 1080. The zero-order chi connectivity index (χ0) is 22.3. The Morgan fingerprint density at radius 1 is 1.03 bits per heavy atom.